The van der Waals surface area contributed by atoms with Crippen molar-refractivity contribution in [1.29, 1.82) is 0 Å². The third kappa shape index (κ3) is 6.31. The number of aryl methyl sites for hydroxylation is 3. The number of amides is 1. The van der Waals surface area contributed by atoms with Crippen LogP contribution in [0.1, 0.15) is 63.1 Å². The average molecular weight is 540 g/mol. The molecule has 0 unspecified atom stereocenters. The number of rotatable bonds is 9. The molecule has 1 N–H and O–H groups in total. The molecule has 200 valence electrons. The van der Waals surface area contributed by atoms with Crippen LogP contribution in [0.2, 0.25) is 0 Å². The predicted molar refractivity (Wildman–Crippen MR) is 157 cm³/mol. The molecule has 1 amide bonds. The first kappa shape index (κ1) is 26.9. The summed E-state index contributed by atoms with van der Waals surface area (Å²) in [6, 6.07) is 21.1. The second-order valence-electron chi connectivity index (χ2n) is 10.3. The van der Waals surface area contributed by atoms with Gasteiger partial charge in [-0.1, -0.05) is 72.6 Å². The molecule has 1 saturated carbocycles. The molecule has 0 radical (unpaired) electrons. The van der Waals surface area contributed by atoms with Crippen LogP contribution >= 0.6 is 11.8 Å². The number of aromatic nitrogens is 2. The highest BCUT2D eigenvalue weighted by Crippen LogP contribution is 2.23. The number of benzene rings is 3. The van der Waals surface area contributed by atoms with Crippen molar-refractivity contribution < 1.29 is 9.59 Å². The second-order valence-corrected chi connectivity index (χ2v) is 11.2. The van der Waals surface area contributed by atoms with Crippen molar-refractivity contribution in [2.24, 2.45) is 0 Å². The monoisotopic (exact) mass is 539 g/mol. The van der Waals surface area contributed by atoms with Crippen molar-refractivity contribution in [3.8, 4) is 0 Å². The van der Waals surface area contributed by atoms with Gasteiger partial charge in [0.25, 0.3) is 11.5 Å². The number of thioether (sulfide) groups is 1. The Hall–Kier alpha value is -3.71. The Balaban J connectivity index is 1.46. The van der Waals surface area contributed by atoms with E-state index in [1.54, 1.807) is 22.8 Å². The van der Waals surface area contributed by atoms with Crippen molar-refractivity contribution in [3.05, 3.63) is 105 Å². The van der Waals surface area contributed by atoms with Crippen molar-refractivity contribution in [2.75, 3.05) is 5.75 Å². The SMILES string of the molecule is Cc1ccc(C)c(C(=O)CSc2nc3cc(C(=O)NC4CCCC4)ccc3c(=O)n2CCc2ccccc2)c1. The molecule has 6 nitrogen and oxygen atoms in total. The van der Waals surface area contributed by atoms with E-state index in [2.05, 4.69) is 5.32 Å². The summed E-state index contributed by atoms with van der Waals surface area (Å²) in [7, 11) is 0. The summed E-state index contributed by atoms with van der Waals surface area (Å²) in [4.78, 5) is 44.5. The second kappa shape index (κ2) is 12.0. The minimum absolute atomic E-state index is 0.00477. The van der Waals surface area contributed by atoms with Crippen LogP contribution in [-0.2, 0) is 13.0 Å². The number of Topliss-reactive ketones (excluding diaryl/α,β-unsaturated/α-hetero) is 1. The van der Waals surface area contributed by atoms with Gasteiger partial charge >= 0.3 is 0 Å². The van der Waals surface area contributed by atoms with E-state index in [4.69, 9.17) is 4.98 Å². The molecule has 0 saturated heterocycles. The highest BCUT2D eigenvalue weighted by atomic mass is 32.2. The standard InChI is InChI=1S/C32H33N3O3S/c1-21-12-13-22(2)27(18-21)29(36)20-39-32-34-28-19-24(30(37)33-25-10-6-7-11-25)14-15-26(28)31(38)35(32)17-16-23-8-4-3-5-9-23/h3-5,8-9,12-15,18-19,25H,6-7,10-11,16-17,20H2,1-2H3,(H,33,37). The zero-order chi connectivity index (χ0) is 27.4. The molecule has 1 aliphatic rings. The smallest absolute Gasteiger partial charge is 0.262 e. The molecule has 5 rings (SSSR count). The van der Waals surface area contributed by atoms with E-state index in [0.717, 1.165) is 42.4 Å². The normalized spacial score (nSPS) is 13.6. The average Bonchev–Trinajstić information content (AvgIpc) is 3.46. The Kier molecular flexibility index (Phi) is 8.27. The molecule has 4 aromatic rings. The van der Waals surface area contributed by atoms with E-state index in [1.165, 1.54) is 11.8 Å². The van der Waals surface area contributed by atoms with Gasteiger partial charge in [-0.15, -0.1) is 0 Å². The van der Waals surface area contributed by atoms with Gasteiger partial charge in [0.2, 0.25) is 0 Å². The maximum atomic E-state index is 13.7. The first-order valence-electron chi connectivity index (χ1n) is 13.5. The van der Waals surface area contributed by atoms with Crippen LogP contribution in [0, 0.1) is 13.8 Å². The minimum Gasteiger partial charge on any atom is -0.349 e. The minimum atomic E-state index is -0.166. The predicted octanol–water partition coefficient (Wildman–Crippen LogP) is 5.90. The lowest BCUT2D eigenvalue weighted by atomic mass is 10.0. The highest BCUT2D eigenvalue weighted by molar-refractivity contribution is 7.99. The zero-order valence-electron chi connectivity index (χ0n) is 22.4. The molecular formula is C32H33N3O3S. The lowest BCUT2D eigenvalue weighted by Crippen LogP contribution is -2.32. The lowest BCUT2D eigenvalue weighted by molar-refractivity contribution is 0.0937. The summed E-state index contributed by atoms with van der Waals surface area (Å²) in [6.45, 7) is 4.34. The Morgan fingerprint density at radius 3 is 2.54 bits per heavy atom. The molecular weight excluding hydrogens is 506 g/mol. The molecule has 3 aromatic carbocycles. The third-order valence-corrected chi connectivity index (χ3v) is 8.34. The Morgan fingerprint density at radius 2 is 1.77 bits per heavy atom. The number of nitrogens with one attached hydrogen (secondary N) is 1. The van der Waals surface area contributed by atoms with Gasteiger partial charge in [-0.2, -0.15) is 0 Å². The topological polar surface area (TPSA) is 81.1 Å². The van der Waals surface area contributed by atoms with Crippen LogP contribution in [0.3, 0.4) is 0 Å². The van der Waals surface area contributed by atoms with Gasteiger partial charge < -0.3 is 5.32 Å². The van der Waals surface area contributed by atoms with Gasteiger partial charge in [-0.25, -0.2) is 4.98 Å². The molecule has 0 aliphatic heterocycles. The molecule has 1 aromatic heterocycles. The first-order valence-corrected chi connectivity index (χ1v) is 14.5. The Labute approximate surface area is 232 Å². The van der Waals surface area contributed by atoms with Gasteiger partial charge in [0.1, 0.15) is 0 Å². The fourth-order valence-electron chi connectivity index (χ4n) is 5.12. The number of hydrogen-bond donors (Lipinski definition) is 1. The van der Waals surface area contributed by atoms with Crippen LogP contribution in [0.25, 0.3) is 10.9 Å². The number of nitrogens with zero attached hydrogens (tertiary/aromatic N) is 2. The quantitative estimate of drug-likeness (QED) is 0.163. The number of ketones is 1. The first-order chi connectivity index (χ1) is 18.9. The van der Waals surface area contributed by atoms with Crippen LogP contribution in [0.15, 0.2) is 76.7 Å². The lowest BCUT2D eigenvalue weighted by Gasteiger charge is -2.15. The summed E-state index contributed by atoms with van der Waals surface area (Å²) in [5.74, 6) is 0.0168. The van der Waals surface area contributed by atoms with E-state index in [0.29, 0.717) is 40.2 Å². The van der Waals surface area contributed by atoms with Gasteiger partial charge in [0, 0.05) is 23.7 Å². The fourth-order valence-corrected chi connectivity index (χ4v) is 6.03. The van der Waals surface area contributed by atoms with Gasteiger partial charge in [0.05, 0.1) is 16.7 Å². The van der Waals surface area contributed by atoms with Crippen LogP contribution in [0.5, 0.6) is 0 Å². The Bertz CT molecular complexity index is 1570. The van der Waals surface area contributed by atoms with Gasteiger partial charge in [-0.3, -0.25) is 19.0 Å². The van der Waals surface area contributed by atoms with Crippen molar-refractivity contribution in [3.63, 3.8) is 0 Å². The van der Waals surface area contributed by atoms with Gasteiger partial charge in [-0.05, 0) is 68.5 Å². The number of fused-ring (bicyclic) bond motifs is 1. The summed E-state index contributed by atoms with van der Waals surface area (Å²) in [6.07, 6.45) is 4.93. The maximum absolute atomic E-state index is 13.7. The zero-order valence-corrected chi connectivity index (χ0v) is 23.2. The third-order valence-electron chi connectivity index (χ3n) is 7.37. The van der Waals surface area contributed by atoms with Crippen LogP contribution in [0.4, 0.5) is 0 Å². The molecule has 1 heterocycles. The molecule has 0 spiro atoms. The van der Waals surface area contributed by atoms with Crippen molar-refractivity contribution in [1.82, 2.24) is 14.9 Å². The Morgan fingerprint density at radius 1 is 1.00 bits per heavy atom. The van der Waals surface area contributed by atoms with E-state index in [1.807, 2.05) is 62.4 Å². The highest BCUT2D eigenvalue weighted by Gasteiger charge is 2.20. The van der Waals surface area contributed by atoms with E-state index in [9.17, 15) is 14.4 Å². The number of carbonyl (C=O) groups is 2. The van der Waals surface area contributed by atoms with Crippen LogP contribution < -0.4 is 10.9 Å². The molecule has 1 fully saturated rings. The van der Waals surface area contributed by atoms with E-state index in [-0.39, 0.29) is 29.0 Å². The molecule has 7 heteroatoms. The van der Waals surface area contributed by atoms with E-state index < -0.39 is 0 Å². The molecule has 1 aliphatic carbocycles. The fraction of sp³-hybridized carbons (Fsp3) is 0.312. The largest absolute Gasteiger partial charge is 0.349 e. The maximum Gasteiger partial charge on any atom is 0.262 e. The molecule has 0 bridgehead atoms. The van der Waals surface area contributed by atoms with Crippen molar-refractivity contribution >= 4 is 34.4 Å². The summed E-state index contributed by atoms with van der Waals surface area (Å²) < 4.78 is 1.66. The van der Waals surface area contributed by atoms with Crippen LogP contribution in [-0.4, -0.2) is 33.0 Å². The number of carbonyl (C=O) groups excluding carboxylic acids is 2. The molecule has 0 atom stereocenters. The van der Waals surface area contributed by atoms with Gasteiger partial charge in [0.15, 0.2) is 10.9 Å². The molecule has 39 heavy (non-hydrogen) atoms. The number of hydrogen-bond acceptors (Lipinski definition) is 5. The summed E-state index contributed by atoms with van der Waals surface area (Å²) in [5, 5.41) is 4.05. The summed E-state index contributed by atoms with van der Waals surface area (Å²) in [5.41, 5.74) is 4.55. The van der Waals surface area contributed by atoms with E-state index >= 15 is 0 Å². The van der Waals surface area contributed by atoms with Crippen molar-refractivity contribution in [2.45, 2.75) is 63.7 Å². The summed E-state index contributed by atoms with van der Waals surface area (Å²) >= 11 is 1.27.